The second kappa shape index (κ2) is 4.86. The molecule has 0 aliphatic heterocycles. The smallest absolute Gasteiger partial charge is 0.335 e. The number of aromatic carboxylic acids is 1. The fourth-order valence-corrected chi connectivity index (χ4v) is 2.03. The summed E-state index contributed by atoms with van der Waals surface area (Å²) in [5.74, 6) is 0.485. The van der Waals surface area contributed by atoms with Crippen molar-refractivity contribution in [3.63, 3.8) is 0 Å². The third-order valence-electron chi connectivity index (χ3n) is 3.00. The molecule has 106 valence electrons. The summed E-state index contributed by atoms with van der Waals surface area (Å²) in [6, 6.07) is 6.53. The maximum Gasteiger partial charge on any atom is 0.335 e. The van der Waals surface area contributed by atoms with Crippen molar-refractivity contribution in [1.82, 2.24) is 19.6 Å². The van der Waals surface area contributed by atoms with Gasteiger partial charge in [0.1, 0.15) is 12.1 Å². The lowest BCUT2D eigenvalue weighted by atomic mass is 10.1. The average molecular weight is 284 g/mol. The van der Waals surface area contributed by atoms with Gasteiger partial charge in [0.25, 0.3) is 5.78 Å². The average Bonchev–Trinajstić information content (AvgIpc) is 2.86. The van der Waals surface area contributed by atoms with Gasteiger partial charge in [-0.1, -0.05) is 0 Å². The second-order valence-corrected chi connectivity index (χ2v) is 4.59. The number of hydrogen-bond acceptors (Lipinski definition) is 5. The van der Waals surface area contributed by atoms with Crippen molar-refractivity contribution in [1.29, 1.82) is 0 Å². The molecule has 0 aliphatic carbocycles. The van der Waals surface area contributed by atoms with E-state index in [2.05, 4.69) is 15.1 Å². The van der Waals surface area contributed by atoms with Gasteiger partial charge in [0.15, 0.2) is 0 Å². The molecule has 0 radical (unpaired) electrons. The molecule has 0 amide bonds. The van der Waals surface area contributed by atoms with Gasteiger partial charge < -0.3 is 9.84 Å². The van der Waals surface area contributed by atoms with Crippen LogP contribution < -0.4 is 4.74 Å². The summed E-state index contributed by atoms with van der Waals surface area (Å²) in [6.45, 7) is 3.56. The highest BCUT2D eigenvalue weighted by molar-refractivity contribution is 5.89. The molecule has 3 rings (SSSR count). The summed E-state index contributed by atoms with van der Waals surface area (Å²) >= 11 is 0. The van der Waals surface area contributed by atoms with Gasteiger partial charge in [-0.15, -0.1) is 0 Å². The summed E-state index contributed by atoms with van der Waals surface area (Å²) < 4.78 is 7.25. The summed E-state index contributed by atoms with van der Waals surface area (Å²) in [4.78, 5) is 19.2. The van der Waals surface area contributed by atoms with E-state index in [9.17, 15) is 4.79 Å². The highest BCUT2D eigenvalue weighted by Gasteiger charge is 2.11. The highest BCUT2D eigenvalue weighted by atomic mass is 16.5. The Balaban J connectivity index is 2.00. The van der Waals surface area contributed by atoms with E-state index >= 15 is 0 Å². The minimum atomic E-state index is -0.961. The molecule has 0 atom stereocenters. The Morgan fingerprint density at radius 1 is 1.29 bits per heavy atom. The summed E-state index contributed by atoms with van der Waals surface area (Å²) in [5, 5.41) is 13.1. The minimum absolute atomic E-state index is 0.249. The van der Waals surface area contributed by atoms with Gasteiger partial charge in [-0.2, -0.15) is 14.6 Å². The number of carboxylic acids is 1. The normalized spacial score (nSPS) is 10.8. The minimum Gasteiger partial charge on any atom is -0.478 e. The molecular weight excluding hydrogens is 272 g/mol. The molecule has 21 heavy (non-hydrogen) atoms. The number of rotatable bonds is 3. The molecule has 0 saturated heterocycles. The van der Waals surface area contributed by atoms with Crippen LogP contribution in [0.3, 0.4) is 0 Å². The van der Waals surface area contributed by atoms with Crippen molar-refractivity contribution < 1.29 is 14.6 Å². The third kappa shape index (κ3) is 2.40. The van der Waals surface area contributed by atoms with Crippen LogP contribution in [0, 0.1) is 13.8 Å². The summed E-state index contributed by atoms with van der Waals surface area (Å²) in [5.41, 5.74) is 1.63. The standard InChI is InChI=1S/C14H12N4O3/c1-8-5-10(3-4-11(8)13(19)20)21-12-6-9(2)17-14-15-7-16-18(12)14/h3-7H,1-2H3,(H,19,20). The zero-order valence-electron chi connectivity index (χ0n) is 11.4. The first kappa shape index (κ1) is 13.0. The molecule has 2 heterocycles. The number of benzene rings is 1. The molecule has 0 aliphatic rings. The third-order valence-corrected chi connectivity index (χ3v) is 3.00. The quantitative estimate of drug-likeness (QED) is 0.793. The highest BCUT2D eigenvalue weighted by Crippen LogP contribution is 2.24. The lowest BCUT2D eigenvalue weighted by Gasteiger charge is -2.09. The van der Waals surface area contributed by atoms with Gasteiger partial charge in [0.05, 0.1) is 5.56 Å². The van der Waals surface area contributed by atoms with Crippen LogP contribution in [0.2, 0.25) is 0 Å². The number of hydrogen-bond donors (Lipinski definition) is 1. The molecule has 0 bridgehead atoms. The van der Waals surface area contributed by atoms with Crippen molar-refractivity contribution >= 4 is 11.7 Å². The van der Waals surface area contributed by atoms with Gasteiger partial charge in [-0.05, 0) is 37.6 Å². The Hall–Kier alpha value is -2.96. The van der Waals surface area contributed by atoms with Gasteiger partial charge in [-0.3, -0.25) is 0 Å². The van der Waals surface area contributed by atoms with Gasteiger partial charge >= 0.3 is 5.97 Å². The van der Waals surface area contributed by atoms with Crippen LogP contribution in [-0.2, 0) is 0 Å². The van der Waals surface area contributed by atoms with Crippen LogP contribution in [0.25, 0.3) is 5.78 Å². The van der Waals surface area contributed by atoms with Crippen LogP contribution >= 0.6 is 0 Å². The molecule has 7 heteroatoms. The van der Waals surface area contributed by atoms with Crippen molar-refractivity contribution in [2.24, 2.45) is 0 Å². The fraction of sp³-hybridized carbons (Fsp3) is 0.143. The van der Waals surface area contributed by atoms with E-state index in [1.165, 1.54) is 16.9 Å². The van der Waals surface area contributed by atoms with E-state index in [4.69, 9.17) is 9.84 Å². The van der Waals surface area contributed by atoms with Crippen molar-refractivity contribution in [2.75, 3.05) is 0 Å². The van der Waals surface area contributed by atoms with Crippen LogP contribution in [0.5, 0.6) is 11.6 Å². The predicted octanol–water partition coefficient (Wildman–Crippen LogP) is 2.23. The molecule has 7 nitrogen and oxygen atoms in total. The topological polar surface area (TPSA) is 89.6 Å². The maximum atomic E-state index is 11.0. The molecule has 0 spiro atoms. The Morgan fingerprint density at radius 3 is 2.81 bits per heavy atom. The first-order valence-electron chi connectivity index (χ1n) is 6.24. The van der Waals surface area contributed by atoms with E-state index in [1.54, 1.807) is 25.1 Å². The Bertz CT molecular complexity index is 841. The number of ether oxygens (including phenoxy) is 1. The van der Waals surface area contributed by atoms with Crippen LogP contribution in [0.1, 0.15) is 21.6 Å². The zero-order chi connectivity index (χ0) is 15.0. The van der Waals surface area contributed by atoms with Crippen molar-refractivity contribution in [2.45, 2.75) is 13.8 Å². The maximum absolute atomic E-state index is 11.0. The van der Waals surface area contributed by atoms with Crippen LogP contribution in [-0.4, -0.2) is 30.7 Å². The lowest BCUT2D eigenvalue weighted by Crippen LogP contribution is -2.01. The van der Waals surface area contributed by atoms with Crippen LogP contribution in [0.15, 0.2) is 30.6 Å². The largest absolute Gasteiger partial charge is 0.478 e. The number of aryl methyl sites for hydroxylation is 2. The Labute approximate surface area is 119 Å². The van der Waals surface area contributed by atoms with Crippen molar-refractivity contribution in [3.05, 3.63) is 47.4 Å². The second-order valence-electron chi connectivity index (χ2n) is 4.59. The van der Waals surface area contributed by atoms with E-state index in [0.29, 0.717) is 23.0 Å². The van der Waals surface area contributed by atoms with Gasteiger partial charge in [0, 0.05) is 11.8 Å². The molecule has 2 aromatic heterocycles. The summed E-state index contributed by atoms with van der Waals surface area (Å²) in [6.07, 6.45) is 1.40. The first-order chi connectivity index (χ1) is 10.0. The molecule has 3 aromatic rings. The van der Waals surface area contributed by atoms with E-state index in [1.807, 2.05) is 6.92 Å². The fourth-order valence-electron chi connectivity index (χ4n) is 2.03. The van der Waals surface area contributed by atoms with Gasteiger partial charge in [-0.25, -0.2) is 9.78 Å². The molecule has 1 aromatic carbocycles. The van der Waals surface area contributed by atoms with E-state index in [-0.39, 0.29) is 5.56 Å². The lowest BCUT2D eigenvalue weighted by molar-refractivity contribution is 0.0696. The SMILES string of the molecule is Cc1cc(Oc2ccc(C(=O)O)c(C)c2)n2ncnc2n1. The van der Waals surface area contributed by atoms with E-state index < -0.39 is 5.97 Å². The first-order valence-corrected chi connectivity index (χ1v) is 6.24. The predicted molar refractivity (Wildman–Crippen MR) is 73.7 cm³/mol. The van der Waals surface area contributed by atoms with Crippen molar-refractivity contribution in [3.8, 4) is 11.6 Å². The molecule has 0 unspecified atom stereocenters. The number of carbonyl (C=O) groups is 1. The monoisotopic (exact) mass is 284 g/mol. The molecule has 0 saturated carbocycles. The number of nitrogens with zero attached hydrogens (tertiary/aromatic N) is 4. The Morgan fingerprint density at radius 2 is 2.10 bits per heavy atom. The number of fused-ring (bicyclic) bond motifs is 1. The summed E-state index contributed by atoms with van der Waals surface area (Å²) in [7, 11) is 0. The molecular formula is C14H12N4O3. The number of carboxylic acid groups (broad SMARTS) is 1. The zero-order valence-corrected chi connectivity index (χ0v) is 11.4. The molecule has 0 fully saturated rings. The Kier molecular flexibility index (Phi) is 3.02. The van der Waals surface area contributed by atoms with E-state index in [0.717, 1.165) is 5.69 Å². The van der Waals surface area contributed by atoms with Gasteiger partial charge in [0.2, 0.25) is 5.88 Å². The number of aromatic nitrogens is 4. The van der Waals surface area contributed by atoms with Crippen LogP contribution in [0.4, 0.5) is 0 Å². The molecule has 1 N–H and O–H groups in total.